The van der Waals surface area contributed by atoms with Gasteiger partial charge in [-0.15, -0.1) is 0 Å². The first-order valence-electron chi connectivity index (χ1n) is 11.4. The second kappa shape index (κ2) is 8.26. The van der Waals surface area contributed by atoms with E-state index in [-0.39, 0.29) is 45.9 Å². The number of hydrogen-bond donors (Lipinski definition) is 0. The van der Waals surface area contributed by atoms with Crippen molar-refractivity contribution < 1.29 is 14.0 Å². The van der Waals surface area contributed by atoms with E-state index in [4.69, 9.17) is 4.43 Å². The number of aromatic nitrogens is 2. The quantitative estimate of drug-likeness (QED) is 0.417. The first-order chi connectivity index (χ1) is 13.8. The molecule has 176 valence electrons. The number of imidazole rings is 1. The normalized spacial score (nSPS) is 22.8. The first-order valence-corrected chi connectivity index (χ1v) is 17.2. The van der Waals surface area contributed by atoms with Gasteiger partial charge in [0.15, 0.2) is 16.6 Å². The van der Waals surface area contributed by atoms with Crippen molar-refractivity contribution >= 4 is 28.4 Å². The minimum Gasteiger partial charge on any atom is -0.413 e. The molecule has 1 aliphatic heterocycles. The summed E-state index contributed by atoms with van der Waals surface area (Å²) in [4.78, 5) is 30.9. The predicted octanol–water partition coefficient (Wildman–Crippen LogP) is 5.40. The first kappa shape index (κ1) is 26.0. The third-order valence-corrected chi connectivity index (χ3v) is 18.0. The Labute approximate surface area is 191 Å². The lowest BCUT2D eigenvalue weighted by molar-refractivity contribution is -0.156. The van der Waals surface area contributed by atoms with E-state index in [0.717, 1.165) is 0 Å². The van der Waals surface area contributed by atoms with Crippen LogP contribution in [0.25, 0.3) is 0 Å². The molecular formula is C23H43N3O3Si2. The molecule has 0 aliphatic carbocycles. The van der Waals surface area contributed by atoms with Gasteiger partial charge < -0.3 is 8.99 Å². The lowest BCUT2D eigenvalue weighted by atomic mass is 9.78. The number of carbonyl (C=O) groups excluding carboxylic acids is 2. The number of β-lactam (4-membered cyclic amide) rings is 1. The molecule has 1 amide bonds. The van der Waals surface area contributed by atoms with Crippen LogP contribution >= 0.6 is 0 Å². The summed E-state index contributed by atoms with van der Waals surface area (Å²) in [5.74, 6) is -0.515. The van der Waals surface area contributed by atoms with Crippen molar-refractivity contribution in [1.29, 1.82) is 0 Å². The second-order valence-electron chi connectivity index (χ2n) is 12.2. The Balaban J connectivity index is 2.43. The maximum Gasteiger partial charge on any atom is 0.236 e. The van der Waals surface area contributed by atoms with E-state index in [2.05, 4.69) is 77.3 Å². The van der Waals surface area contributed by atoms with Crippen LogP contribution in [0.15, 0.2) is 18.7 Å². The molecule has 4 atom stereocenters. The highest BCUT2D eigenvalue weighted by Gasteiger charge is 2.61. The van der Waals surface area contributed by atoms with Crippen molar-refractivity contribution in [3.8, 4) is 0 Å². The van der Waals surface area contributed by atoms with Gasteiger partial charge >= 0.3 is 0 Å². The van der Waals surface area contributed by atoms with Crippen molar-refractivity contribution in [2.24, 2.45) is 11.8 Å². The van der Waals surface area contributed by atoms with E-state index in [1.807, 2.05) is 13.8 Å². The average Bonchev–Trinajstić information content (AvgIpc) is 3.09. The van der Waals surface area contributed by atoms with E-state index in [9.17, 15) is 9.59 Å². The Kier molecular flexibility index (Phi) is 6.93. The van der Waals surface area contributed by atoms with Crippen LogP contribution in [0, 0.1) is 11.8 Å². The third kappa shape index (κ3) is 4.61. The summed E-state index contributed by atoms with van der Waals surface area (Å²) in [6.45, 7) is 26.1. The van der Waals surface area contributed by atoms with Gasteiger partial charge in [-0.05, 0) is 30.1 Å². The molecule has 0 spiro atoms. The Morgan fingerprint density at radius 3 is 2.03 bits per heavy atom. The molecule has 8 heteroatoms. The van der Waals surface area contributed by atoms with Gasteiger partial charge in [-0.3, -0.25) is 14.2 Å². The van der Waals surface area contributed by atoms with Crippen LogP contribution in [-0.4, -0.2) is 54.6 Å². The fourth-order valence-corrected chi connectivity index (χ4v) is 8.02. The van der Waals surface area contributed by atoms with Gasteiger partial charge in [-0.2, -0.15) is 0 Å². The molecule has 0 aromatic carbocycles. The standard InChI is InChI=1S/C23H43N3O3Si2/c1-16(20(27)25-14-13-24-15-25)19-18(17(2)29-31(11,12)23(6,7)8)21(28)26(19)30(9,10)22(3,4)5/h13-19H,1-12H3. The largest absolute Gasteiger partial charge is 0.413 e. The van der Waals surface area contributed by atoms with Crippen molar-refractivity contribution in [3.63, 3.8) is 0 Å². The van der Waals surface area contributed by atoms with Crippen LogP contribution in [0.4, 0.5) is 0 Å². The van der Waals surface area contributed by atoms with E-state index in [1.165, 1.54) is 4.57 Å². The van der Waals surface area contributed by atoms with Crippen LogP contribution in [0.5, 0.6) is 0 Å². The summed E-state index contributed by atoms with van der Waals surface area (Å²) in [7, 11) is -4.21. The summed E-state index contributed by atoms with van der Waals surface area (Å²) in [5, 5.41) is 0.0497. The van der Waals surface area contributed by atoms with Gasteiger partial charge in [0, 0.05) is 18.4 Å². The summed E-state index contributed by atoms with van der Waals surface area (Å²) >= 11 is 0. The van der Waals surface area contributed by atoms with Crippen LogP contribution in [-0.2, 0) is 9.22 Å². The van der Waals surface area contributed by atoms with Gasteiger partial charge in [0.25, 0.3) is 0 Å². The minimum atomic E-state index is -2.16. The van der Waals surface area contributed by atoms with Gasteiger partial charge in [0.2, 0.25) is 11.8 Å². The Hall–Kier alpha value is -1.26. The number of carbonyl (C=O) groups is 2. The lowest BCUT2D eigenvalue weighted by Gasteiger charge is -2.61. The zero-order chi connectivity index (χ0) is 24.2. The lowest BCUT2D eigenvalue weighted by Crippen LogP contribution is -2.77. The maximum atomic E-state index is 13.6. The van der Waals surface area contributed by atoms with E-state index < -0.39 is 16.6 Å². The topological polar surface area (TPSA) is 64.4 Å². The highest BCUT2D eigenvalue weighted by Crippen LogP contribution is 2.49. The van der Waals surface area contributed by atoms with Crippen molar-refractivity contribution in [1.82, 2.24) is 14.1 Å². The summed E-state index contributed by atoms with van der Waals surface area (Å²) in [6, 6.07) is -0.164. The Morgan fingerprint density at radius 2 is 1.61 bits per heavy atom. The van der Waals surface area contributed by atoms with Gasteiger partial charge in [-0.1, -0.05) is 61.6 Å². The van der Waals surface area contributed by atoms with Crippen LogP contribution in [0.3, 0.4) is 0 Å². The molecule has 1 aromatic rings. The third-order valence-electron chi connectivity index (χ3n) is 8.08. The highest BCUT2D eigenvalue weighted by atomic mass is 28.4. The molecular weight excluding hydrogens is 422 g/mol. The minimum absolute atomic E-state index is 0.00677. The Bertz CT molecular complexity index is 807. The van der Waals surface area contributed by atoms with Crippen LogP contribution in [0.2, 0.25) is 36.3 Å². The average molecular weight is 466 g/mol. The molecule has 4 unspecified atom stereocenters. The smallest absolute Gasteiger partial charge is 0.236 e. The molecule has 6 nitrogen and oxygen atoms in total. The summed E-state index contributed by atoms with van der Waals surface area (Å²) in [5.41, 5.74) is 0. The maximum absolute atomic E-state index is 13.6. The molecule has 2 heterocycles. The van der Waals surface area contributed by atoms with Crippen molar-refractivity contribution in [2.45, 2.75) is 104 Å². The van der Waals surface area contributed by atoms with Crippen LogP contribution in [0.1, 0.15) is 60.2 Å². The summed E-state index contributed by atoms with van der Waals surface area (Å²) < 4.78 is 10.3. The number of rotatable bonds is 6. The zero-order valence-corrected chi connectivity index (χ0v) is 23.6. The second-order valence-corrected chi connectivity index (χ2v) is 22.1. The zero-order valence-electron chi connectivity index (χ0n) is 21.6. The van der Waals surface area contributed by atoms with Gasteiger partial charge in [0.1, 0.15) is 6.33 Å². The van der Waals surface area contributed by atoms with Gasteiger partial charge in [-0.25, -0.2) is 4.98 Å². The predicted molar refractivity (Wildman–Crippen MR) is 131 cm³/mol. The van der Waals surface area contributed by atoms with E-state index in [1.54, 1.807) is 18.7 Å². The molecule has 1 aliphatic rings. The molecule has 0 saturated carbocycles. The number of nitrogens with zero attached hydrogens (tertiary/aromatic N) is 3. The fourth-order valence-electron chi connectivity index (χ4n) is 4.04. The molecule has 31 heavy (non-hydrogen) atoms. The fraction of sp³-hybridized carbons (Fsp3) is 0.783. The molecule has 1 fully saturated rings. The van der Waals surface area contributed by atoms with Crippen LogP contribution < -0.4 is 0 Å². The summed E-state index contributed by atoms with van der Waals surface area (Å²) in [6.07, 6.45) is 4.61. The molecule has 0 N–H and O–H groups in total. The molecule has 2 rings (SSSR count). The SMILES string of the molecule is CC(O[Si](C)(C)C(C)(C)C)C1C(=O)N([Si](C)(C)C(C)(C)C)C1C(C)C(=O)n1ccnc1. The van der Waals surface area contributed by atoms with Crippen molar-refractivity contribution in [2.75, 3.05) is 0 Å². The number of amides is 1. The molecule has 0 bridgehead atoms. The van der Waals surface area contributed by atoms with Gasteiger partial charge in [0.05, 0.1) is 17.9 Å². The van der Waals surface area contributed by atoms with E-state index >= 15 is 0 Å². The molecule has 0 radical (unpaired) electrons. The Morgan fingerprint density at radius 1 is 1.06 bits per heavy atom. The highest BCUT2D eigenvalue weighted by molar-refractivity contribution is 6.80. The monoisotopic (exact) mass is 465 g/mol. The number of hydrogen-bond acceptors (Lipinski definition) is 4. The van der Waals surface area contributed by atoms with Crippen molar-refractivity contribution in [3.05, 3.63) is 18.7 Å². The van der Waals surface area contributed by atoms with E-state index in [0.29, 0.717) is 0 Å². The molecule has 1 aromatic heterocycles. The molecule has 1 saturated heterocycles.